The molecule has 6 rings (SSSR count). The first-order valence-electron chi connectivity index (χ1n) is 12.2. The van der Waals surface area contributed by atoms with Crippen LogP contribution in [0, 0.1) is 0 Å². The summed E-state index contributed by atoms with van der Waals surface area (Å²) in [5.74, 6) is 0. The molecule has 0 fully saturated rings. The van der Waals surface area contributed by atoms with Crippen LogP contribution in [0.1, 0.15) is 25.7 Å². The van der Waals surface area contributed by atoms with Crippen molar-refractivity contribution < 1.29 is 0 Å². The Labute approximate surface area is 211 Å². The monoisotopic (exact) mass is 480 g/mol. The van der Waals surface area contributed by atoms with Crippen LogP contribution in [-0.2, 0) is 0 Å². The predicted molar refractivity (Wildman–Crippen MR) is 146 cm³/mol. The van der Waals surface area contributed by atoms with Gasteiger partial charge in [0.25, 0.3) is 0 Å². The Balaban J connectivity index is 1.08. The summed E-state index contributed by atoms with van der Waals surface area (Å²) in [7, 11) is 0. The predicted octanol–water partition coefficient (Wildman–Crippen LogP) is 9.15. The number of unbranched alkanes of at least 4 members (excludes halogenated alkanes) is 3. The maximum absolute atomic E-state index is 2.52. The van der Waals surface area contributed by atoms with E-state index in [1.807, 2.05) is 23.5 Å². The van der Waals surface area contributed by atoms with Gasteiger partial charge in [0.2, 0.25) is 0 Å². The van der Waals surface area contributed by atoms with Crippen LogP contribution in [-0.4, -0.2) is 13.1 Å². The Kier molecular flexibility index (Phi) is 6.26. The van der Waals surface area contributed by atoms with Gasteiger partial charge in [-0.1, -0.05) is 84.9 Å². The molecular weight excluding hydrogens is 452 g/mol. The molecule has 0 radical (unpaired) electrons. The Hall–Kier alpha value is -2.82. The molecule has 4 aromatic rings. The van der Waals surface area contributed by atoms with Crippen LogP contribution in [0.4, 0.5) is 22.7 Å². The normalized spacial score (nSPS) is 13.6. The van der Waals surface area contributed by atoms with Crippen molar-refractivity contribution in [2.75, 3.05) is 22.9 Å². The lowest BCUT2D eigenvalue weighted by Gasteiger charge is -2.33. The van der Waals surface area contributed by atoms with Crippen molar-refractivity contribution in [3.8, 4) is 0 Å². The third kappa shape index (κ3) is 4.21. The van der Waals surface area contributed by atoms with Crippen LogP contribution >= 0.6 is 23.5 Å². The second-order valence-corrected chi connectivity index (χ2v) is 11.0. The van der Waals surface area contributed by atoms with Crippen LogP contribution in [0.15, 0.2) is 117 Å². The van der Waals surface area contributed by atoms with Gasteiger partial charge in [0.1, 0.15) is 0 Å². The van der Waals surface area contributed by atoms with Crippen LogP contribution in [0.5, 0.6) is 0 Å². The summed E-state index contributed by atoms with van der Waals surface area (Å²) in [6, 6.07) is 35.3. The molecule has 4 heteroatoms. The largest absolute Gasteiger partial charge is 0.340 e. The summed E-state index contributed by atoms with van der Waals surface area (Å²) in [5, 5.41) is 0. The maximum Gasteiger partial charge on any atom is 0.0552 e. The highest BCUT2D eigenvalue weighted by Gasteiger charge is 2.23. The lowest BCUT2D eigenvalue weighted by Crippen LogP contribution is -2.22. The topological polar surface area (TPSA) is 6.48 Å². The van der Waals surface area contributed by atoms with Gasteiger partial charge >= 0.3 is 0 Å². The molecule has 0 amide bonds. The number of fused-ring (bicyclic) bond motifs is 4. The van der Waals surface area contributed by atoms with E-state index in [4.69, 9.17) is 0 Å². The second kappa shape index (κ2) is 9.81. The molecule has 0 atom stereocenters. The number of benzene rings is 4. The van der Waals surface area contributed by atoms with Gasteiger partial charge in [0.15, 0.2) is 0 Å². The molecule has 2 aliphatic heterocycles. The fraction of sp³-hybridized carbons (Fsp3) is 0.200. The van der Waals surface area contributed by atoms with Gasteiger partial charge in [-0.25, -0.2) is 0 Å². The lowest BCUT2D eigenvalue weighted by atomic mass is 10.1. The minimum Gasteiger partial charge on any atom is -0.340 e. The van der Waals surface area contributed by atoms with E-state index >= 15 is 0 Å². The molecule has 2 nitrogen and oxygen atoms in total. The highest BCUT2D eigenvalue weighted by atomic mass is 32.2. The van der Waals surface area contributed by atoms with E-state index in [0.717, 1.165) is 13.1 Å². The number of rotatable bonds is 7. The summed E-state index contributed by atoms with van der Waals surface area (Å²) in [6.07, 6.45) is 4.91. The fourth-order valence-electron chi connectivity index (χ4n) is 4.94. The first kappa shape index (κ1) is 21.7. The first-order valence-corrected chi connectivity index (χ1v) is 13.8. The van der Waals surface area contributed by atoms with Crippen LogP contribution in [0.25, 0.3) is 0 Å². The fourth-order valence-corrected chi connectivity index (χ4v) is 7.13. The molecule has 0 bridgehead atoms. The number of nitrogens with zero attached hydrogens (tertiary/aromatic N) is 2. The summed E-state index contributed by atoms with van der Waals surface area (Å²) >= 11 is 3.78. The first-order chi connectivity index (χ1) is 16.9. The lowest BCUT2D eigenvalue weighted by molar-refractivity contribution is 0.640. The van der Waals surface area contributed by atoms with E-state index in [0.29, 0.717) is 0 Å². The molecule has 0 N–H and O–H groups in total. The third-order valence-corrected chi connectivity index (χ3v) is 8.84. The summed E-state index contributed by atoms with van der Waals surface area (Å²) in [6.45, 7) is 2.14. The van der Waals surface area contributed by atoms with E-state index in [9.17, 15) is 0 Å². The standard InChI is InChI=1S/C30H28N2S2/c1(11-21-31-23-13-3-7-17-27(23)33-28-18-8-4-14-24(28)31)2-12-22-32-25-15-5-9-19-29(25)34-30-20-10-6-16-26(30)32/h3-10,13-20H,1-2,11-12,21-22H2. The summed E-state index contributed by atoms with van der Waals surface area (Å²) in [4.78, 5) is 10.5. The molecule has 34 heavy (non-hydrogen) atoms. The Morgan fingerprint density at radius 2 is 0.676 bits per heavy atom. The maximum atomic E-state index is 2.52. The van der Waals surface area contributed by atoms with Crippen molar-refractivity contribution >= 4 is 46.3 Å². The Bertz CT molecular complexity index is 1110. The zero-order valence-electron chi connectivity index (χ0n) is 19.2. The molecular formula is C30H28N2S2. The van der Waals surface area contributed by atoms with Gasteiger partial charge in [-0.2, -0.15) is 0 Å². The average molecular weight is 481 g/mol. The quantitative estimate of drug-likeness (QED) is 0.243. The molecule has 170 valence electrons. The molecule has 0 saturated carbocycles. The Morgan fingerprint density at radius 3 is 1.00 bits per heavy atom. The smallest absolute Gasteiger partial charge is 0.0552 e. The molecule has 0 aliphatic carbocycles. The van der Waals surface area contributed by atoms with Crippen LogP contribution < -0.4 is 9.80 Å². The van der Waals surface area contributed by atoms with Crippen molar-refractivity contribution in [3.05, 3.63) is 97.1 Å². The van der Waals surface area contributed by atoms with E-state index in [-0.39, 0.29) is 0 Å². The van der Waals surface area contributed by atoms with E-state index in [1.54, 1.807) is 0 Å². The van der Waals surface area contributed by atoms with Gasteiger partial charge in [-0.15, -0.1) is 0 Å². The number of hydrogen-bond donors (Lipinski definition) is 0. The SMILES string of the molecule is c1ccc2c(c1)Sc1ccccc1N2CCCCCCN1c2ccccc2Sc2ccccc21. The number of anilines is 4. The van der Waals surface area contributed by atoms with E-state index in [1.165, 1.54) is 68.0 Å². The Morgan fingerprint density at radius 1 is 0.382 bits per heavy atom. The molecule has 0 saturated heterocycles. The van der Waals surface area contributed by atoms with Crippen molar-refractivity contribution in [2.24, 2.45) is 0 Å². The zero-order valence-corrected chi connectivity index (χ0v) is 20.8. The number of hydrogen-bond acceptors (Lipinski definition) is 4. The summed E-state index contributed by atoms with van der Waals surface area (Å²) < 4.78 is 0. The van der Waals surface area contributed by atoms with Crippen molar-refractivity contribution in [1.82, 2.24) is 0 Å². The molecule has 0 spiro atoms. The van der Waals surface area contributed by atoms with Crippen LogP contribution in [0.3, 0.4) is 0 Å². The summed E-state index contributed by atoms with van der Waals surface area (Å²) in [5.41, 5.74) is 5.41. The molecule has 4 aromatic carbocycles. The molecule has 2 aliphatic rings. The van der Waals surface area contributed by atoms with Gasteiger partial charge in [0.05, 0.1) is 22.7 Å². The molecule has 2 heterocycles. The van der Waals surface area contributed by atoms with Crippen molar-refractivity contribution in [1.29, 1.82) is 0 Å². The van der Waals surface area contributed by atoms with E-state index < -0.39 is 0 Å². The van der Waals surface area contributed by atoms with Gasteiger partial charge in [0, 0.05) is 32.7 Å². The van der Waals surface area contributed by atoms with Gasteiger partial charge in [-0.05, 0) is 61.4 Å². The average Bonchev–Trinajstić information content (AvgIpc) is 2.89. The highest BCUT2D eigenvalue weighted by molar-refractivity contribution is 8.00. The van der Waals surface area contributed by atoms with Crippen LogP contribution in [0.2, 0.25) is 0 Å². The molecule has 0 unspecified atom stereocenters. The van der Waals surface area contributed by atoms with Crippen molar-refractivity contribution in [3.63, 3.8) is 0 Å². The highest BCUT2D eigenvalue weighted by Crippen LogP contribution is 2.49. The minimum atomic E-state index is 1.07. The molecule has 0 aromatic heterocycles. The van der Waals surface area contributed by atoms with Gasteiger partial charge < -0.3 is 9.80 Å². The zero-order chi connectivity index (χ0) is 22.7. The van der Waals surface area contributed by atoms with Gasteiger partial charge in [-0.3, -0.25) is 0 Å². The van der Waals surface area contributed by atoms with E-state index in [2.05, 4.69) is 107 Å². The number of para-hydroxylation sites is 4. The van der Waals surface area contributed by atoms with Crippen molar-refractivity contribution in [2.45, 2.75) is 45.3 Å². The second-order valence-electron chi connectivity index (χ2n) is 8.79. The third-order valence-electron chi connectivity index (χ3n) is 6.58. The minimum absolute atomic E-state index is 1.07.